The van der Waals surface area contributed by atoms with E-state index in [1.807, 2.05) is 0 Å². The summed E-state index contributed by atoms with van der Waals surface area (Å²) in [5, 5.41) is 0. The number of hydrogen-bond donors (Lipinski definition) is 1. The van der Waals surface area contributed by atoms with Gasteiger partial charge >= 0.3 is 0 Å². The molecular weight excluding hydrogens is 198 g/mol. The van der Waals surface area contributed by atoms with Crippen molar-refractivity contribution in [2.45, 2.75) is 31.7 Å². The van der Waals surface area contributed by atoms with E-state index in [1.54, 1.807) is 0 Å². The summed E-state index contributed by atoms with van der Waals surface area (Å²) < 4.78 is 2.23. The van der Waals surface area contributed by atoms with Gasteiger partial charge in [0.05, 0.1) is 11.0 Å². The highest BCUT2D eigenvalue weighted by atomic mass is 15.1. The summed E-state index contributed by atoms with van der Waals surface area (Å²) in [6, 6.07) is 6.31. The van der Waals surface area contributed by atoms with E-state index < -0.39 is 0 Å². The summed E-state index contributed by atoms with van der Waals surface area (Å²) in [4.78, 5) is 4.73. The molecule has 0 radical (unpaired) electrons. The highest BCUT2D eigenvalue weighted by Crippen LogP contribution is 2.36. The minimum atomic E-state index is 0.597. The lowest BCUT2D eigenvalue weighted by atomic mass is 9.85. The van der Waals surface area contributed by atoms with Gasteiger partial charge in [-0.1, -0.05) is 12.5 Å². The fourth-order valence-corrected chi connectivity index (χ4v) is 2.41. The van der Waals surface area contributed by atoms with E-state index >= 15 is 0 Å². The van der Waals surface area contributed by atoms with Crippen molar-refractivity contribution in [3.8, 4) is 0 Å². The number of benzene rings is 1. The van der Waals surface area contributed by atoms with Crippen LogP contribution in [0.1, 0.15) is 36.6 Å². The highest BCUT2D eigenvalue weighted by molar-refractivity contribution is 5.77. The Kier molecular flexibility index (Phi) is 2.21. The molecule has 0 saturated heterocycles. The molecule has 0 unspecified atom stereocenters. The van der Waals surface area contributed by atoms with Crippen LogP contribution in [0, 0.1) is 0 Å². The van der Waals surface area contributed by atoms with Crippen molar-refractivity contribution in [1.82, 2.24) is 9.55 Å². The minimum absolute atomic E-state index is 0.597. The summed E-state index contributed by atoms with van der Waals surface area (Å²) in [7, 11) is 2.11. The molecule has 2 N–H and O–H groups in total. The molecule has 0 atom stereocenters. The molecule has 0 amide bonds. The van der Waals surface area contributed by atoms with Gasteiger partial charge in [0, 0.05) is 19.5 Å². The second kappa shape index (κ2) is 3.59. The van der Waals surface area contributed by atoms with Crippen LogP contribution >= 0.6 is 0 Å². The van der Waals surface area contributed by atoms with Crippen molar-refractivity contribution in [3.63, 3.8) is 0 Å². The van der Waals surface area contributed by atoms with E-state index in [0.717, 1.165) is 5.52 Å². The summed E-state index contributed by atoms with van der Waals surface area (Å²) in [6.45, 7) is 0.597. The molecule has 1 fully saturated rings. The third-order valence-electron chi connectivity index (χ3n) is 3.69. The Balaban J connectivity index is 2.14. The van der Waals surface area contributed by atoms with E-state index in [0.29, 0.717) is 12.5 Å². The zero-order chi connectivity index (χ0) is 11.1. The van der Waals surface area contributed by atoms with Crippen LogP contribution in [-0.2, 0) is 13.6 Å². The van der Waals surface area contributed by atoms with Crippen molar-refractivity contribution >= 4 is 11.0 Å². The van der Waals surface area contributed by atoms with Crippen LogP contribution in [-0.4, -0.2) is 9.55 Å². The summed E-state index contributed by atoms with van der Waals surface area (Å²) in [6.07, 6.45) is 3.93. The first-order valence-electron chi connectivity index (χ1n) is 5.95. The molecule has 16 heavy (non-hydrogen) atoms. The van der Waals surface area contributed by atoms with Gasteiger partial charge in [-0.15, -0.1) is 0 Å². The van der Waals surface area contributed by atoms with E-state index in [4.69, 9.17) is 10.7 Å². The summed E-state index contributed by atoms with van der Waals surface area (Å²) in [5.74, 6) is 1.93. The van der Waals surface area contributed by atoms with Crippen LogP contribution in [0.15, 0.2) is 18.2 Å². The zero-order valence-electron chi connectivity index (χ0n) is 9.61. The molecule has 1 aromatic carbocycles. The van der Waals surface area contributed by atoms with Gasteiger partial charge in [0.2, 0.25) is 0 Å². The molecule has 1 aliphatic carbocycles. The van der Waals surface area contributed by atoms with Gasteiger partial charge in [-0.25, -0.2) is 4.98 Å². The number of nitrogens with zero attached hydrogens (tertiary/aromatic N) is 2. The van der Waals surface area contributed by atoms with Crippen LogP contribution in [0.3, 0.4) is 0 Å². The lowest BCUT2D eigenvalue weighted by Gasteiger charge is -2.24. The number of hydrogen-bond acceptors (Lipinski definition) is 2. The second-order valence-electron chi connectivity index (χ2n) is 4.68. The fourth-order valence-electron chi connectivity index (χ4n) is 2.41. The maximum absolute atomic E-state index is 5.67. The van der Waals surface area contributed by atoms with E-state index in [9.17, 15) is 0 Å². The Morgan fingerprint density at radius 1 is 1.44 bits per heavy atom. The molecular formula is C13H17N3. The number of aryl methyl sites for hydroxylation is 1. The quantitative estimate of drug-likeness (QED) is 0.835. The van der Waals surface area contributed by atoms with E-state index in [-0.39, 0.29) is 0 Å². The average molecular weight is 215 g/mol. The van der Waals surface area contributed by atoms with Gasteiger partial charge in [-0.3, -0.25) is 0 Å². The second-order valence-corrected chi connectivity index (χ2v) is 4.68. The first-order chi connectivity index (χ1) is 7.79. The number of imidazole rings is 1. The van der Waals surface area contributed by atoms with Crippen LogP contribution in [0.25, 0.3) is 11.0 Å². The molecule has 84 valence electrons. The first-order valence-corrected chi connectivity index (χ1v) is 5.95. The molecule has 1 aliphatic rings. The summed E-state index contributed by atoms with van der Waals surface area (Å²) in [5.41, 5.74) is 9.15. The molecule has 1 aromatic heterocycles. The van der Waals surface area contributed by atoms with Gasteiger partial charge in [-0.05, 0) is 30.5 Å². The number of nitrogens with two attached hydrogens (primary N) is 1. The molecule has 3 rings (SSSR count). The Labute approximate surface area is 95.3 Å². The number of fused-ring (bicyclic) bond motifs is 1. The van der Waals surface area contributed by atoms with Gasteiger partial charge in [-0.2, -0.15) is 0 Å². The van der Waals surface area contributed by atoms with E-state index in [1.165, 1.54) is 36.2 Å². The van der Waals surface area contributed by atoms with Crippen LogP contribution in [0.4, 0.5) is 0 Å². The number of aromatic nitrogens is 2. The molecule has 1 saturated carbocycles. The zero-order valence-corrected chi connectivity index (χ0v) is 9.61. The van der Waals surface area contributed by atoms with Crippen molar-refractivity contribution in [3.05, 3.63) is 29.6 Å². The Morgan fingerprint density at radius 3 is 2.88 bits per heavy atom. The van der Waals surface area contributed by atoms with Crippen molar-refractivity contribution in [2.24, 2.45) is 12.8 Å². The van der Waals surface area contributed by atoms with Crippen LogP contribution in [0.5, 0.6) is 0 Å². The predicted molar refractivity (Wildman–Crippen MR) is 65.2 cm³/mol. The lowest BCUT2D eigenvalue weighted by Crippen LogP contribution is -2.13. The van der Waals surface area contributed by atoms with Crippen LogP contribution < -0.4 is 5.73 Å². The standard InChI is InChI=1S/C13H17N3/c1-16-12-7-9(8-14)5-6-11(12)15-13(16)10-3-2-4-10/h5-7,10H,2-4,8,14H2,1H3. The molecule has 1 heterocycles. The van der Waals surface area contributed by atoms with Crippen molar-refractivity contribution < 1.29 is 0 Å². The van der Waals surface area contributed by atoms with Crippen LogP contribution in [0.2, 0.25) is 0 Å². The third-order valence-corrected chi connectivity index (χ3v) is 3.69. The van der Waals surface area contributed by atoms with Crippen molar-refractivity contribution in [1.29, 1.82) is 0 Å². The van der Waals surface area contributed by atoms with Gasteiger partial charge in [0.25, 0.3) is 0 Å². The van der Waals surface area contributed by atoms with Gasteiger partial charge in [0.1, 0.15) is 5.82 Å². The topological polar surface area (TPSA) is 43.8 Å². The highest BCUT2D eigenvalue weighted by Gasteiger charge is 2.24. The minimum Gasteiger partial charge on any atom is -0.331 e. The Hall–Kier alpha value is -1.35. The molecule has 2 aromatic rings. The normalized spacial score (nSPS) is 16.6. The molecule has 0 aliphatic heterocycles. The maximum atomic E-state index is 5.67. The molecule has 0 spiro atoms. The fraction of sp³-hybridized carbons (Fsp3) is 0.462. The first kappa shape index (κ1) is 9.85. The summed E-state index contributed by atoms with van der Waals surface area (Å²) >= 11 is 0. The smallest absolute Gasteiger partial charge is 0.112 e. The Bertz CT molecular complexity index is 523. The van der Waals surface area contributed by atoms with Gasteiger partial charge < -0.3 is 10.3 Å². The molecule has 3 heteroatoms. The average Bonchev–Trinajstić information content (AvgIpc) is 2.54. The largest absolute Gasteiger partial charge is 0.331 e. The molecule has 0 bridgehead atoms. The molecule has 3 nitrogen and oxygen atoms in total. The lowest BCUT2D eigenvalue weighted by molar-refractivity contribution is 0.395. The SMILES string of the molecule is Cn1c(C2CCC2)nc2ccc(CN)cc21. The van der Waals surface area contributed by atoms with Gasteiger partial charge in [0.15, 0.2) is 0 Å². The van der Waals surface area contributed by atoms with Crippen molar-refractivity contribution in [2.75, 3.05) is 0 Å². The van der Waals surface area contributed by atoms with E-state index in [2.05, 4.69) is 29.8 Å². The predicted octanol–water partition coefficient (Wildman–Crippen LogP) is 2.30. The maximum Gasteiger partial charge on any atom is 0.112 e. The monoisotopic (exact) mass is 215 g/mol. The Morgan fingerprint density at radius 2 is 2.25 bits per heavy atom. The number of rotatable bonds is 2. The third kappa shape index (κ3) is 1.35.